The summed E-state index contributed by atoms with van der Waals surface area (Å²) in [6.07, 6.45) is 0.583. The van der Waals surface area contributed by atoms with Gasteiger partial charge < -0.3 is 10.5 Å². The summed E-state index contributed by atoms with van der Waals surface area (Å²) in [6, 6.07) is 0. The molecule has 13 heavy (non-hydrogen) atoms. The lowest BCUT2D eigenvalue weighted by molar-refractivity contribution is -0.138. The van der Waals surface area contributed by atoms with E-state index in [2.05, 4.69) is 11.3 Å². The van der Waals surface area contributed by atoms with E-state index in [-0.39, 0.29) is 17.2 Å². The van der Waals surface area contributed by atoms with E-state index in [0.29, 0.717) is 6.29 Å². The molecule has 0 aromatic heterocycles. The minimum absolute atomic E-state index is 0.0325. The summed E-state index contributed by atoms with van der Waals surface area (Å²) >= 11 is 0.988. The number of esters is 1. The number of carbonyl (C=O) groups is 2. The topological polar surface area (TPSA) is 69.4 Å². The van der Waals surface area contributed by atoms with Gasteiger partial charge in [-0.25, -0.2) is 4.79 Å². The Morgan fingerprint density at radius 1 is 1.69 bits per heavy atom. The van der Waals surface area contributed by atoms with Crippen LogP contribution in [-0.4, -0.2) is 18.9 Å². The zero-order valence-corrected chi connectivity index (χ0v) is 8.10. The van der Waals surface area contributed by atoms with E-state index in [4.69, 9.17) is 5.73 Å². The predicted octanol–water partition coefficient (Wildman–Crippen LogP) is 0.795. The molecular formula is C8H11NO3S. The minimum atomic E-state index is -0.589. The average molecular weight is 201 g/mol. The lowest BCUT2D eigenvalue weighted by Crippen LogP contribution is -2.14. The first-order chi connectivity index (χ1) is 6.11. The van der Waals surface area contributed by atoms with Crippen LogP contribution in [0.25, 0.3) is 0 Å². The van der Waals surface area contributed by atoms with Crippen molar-refractivity contribution >= 4 is 24.0 Å². The number of rotatable bonds is 5. The Bertz CT molecular complexity index is 248. The summed E-state index contributed by atoms with van der Waals surface area (Å²) in [6.45, 7) is 5.35. The molecule has 0 aliphatic carbocycles. The molecule has 0 saturated carbocycles. The van der Waals surface area contributed by atoms with Gasteiger partial charge in [0, 0.05) is 10.3 Å². The molecule has 5 heteroatoms. The summed E-state index contributed by atoms with van der Waals surface area (Å²) in [7, 11) is 0. The highest BCUT2D eigenvalue weighted by molar-refractivity contribution is 8.06. The normalized spacial score (nSPS) is 10.7. The van der Waals surface area contributed by atoms with Crippen LogP contribution in [-0.2, 0) is 14.3 Å². The number of aldehydes is 1. The molecule has 0 aromatic rings. The Labute approximate surface area is 80.8 Å². The molecule has 0 unspecified atom stereocenters. The van der Waals surface area contributed by atoms with Gasteiger partial charge in [0.25, 0.3) is 0 Å². The number of hydrogen-bond donors (Lipinski definition) is 1. The first kappa shape index (κ1) is 11.8. The van der Waals surface area contributed by atoms with E-state index in [1.807, 2.05) is 0 Å². The Hall–Kier alpha value is -1.23. The van der Waals surface area contributed by atoms with Crippen LogP contribution in [0, 0.1) is 0 Å². The van der Waals surface area contributed by atoms with Crippen LogP contribution in [0.4, 0.5) is 0 Å². The van der Waals surface area contributed by atoms with Crippen LogP contribution >= 0.6 is 11.8 Å². The fourth-order valence-corrected chi connectivity index (χ4v) is 0.860. The Balaban J connectivity index is 4.08. The zero-order chi connectivity index (χ0) is 10.3. The fraction of sp³-hybridized carbons (Fsp3) is 0.250. The minimum Gasteiger partial charge on any atom is -0.461 e. The predicted molar refractivity (Wildman–Crippen MR) is 51.7 cm³/mol. The molecule has 0 aromatic carbocycles. The molecule has 4 nitrogen and oxygen atoms in total. The Kier molecular flexibility index (Phi) is 5.71. The zero-order valence-electron chi connectivity index (χ0n) is 7.28. The lowest BCUT2D eigenvalue weighted by atomic mass is 10.5. The molecule has 0 spiro atoms. The highest BCUT2D eigenvalue weighted by Gasteiger charge is 2.04. The molecule has 0 heterocycles. The second-order valence-electron chi connectivity index (χ2n) is 2.00. The smallest absolute Gasteiger partial charge is 0.354 e. The van der Waals surface area contributed by atoms with Crippen LogP contribution < -0.4 is 5.73 Å². The number of nitrogens with two attached hydrogens (primary N) is 1. The van der Waals surface area contributed by atoms with E-state index in [0.717, 1.165) is 11.8 Å². The van der Waals surface area contributed by atoms with E-state index in [9.17, 15) is 9.59 Å². The summed E-state index contributed by atoms with van der Waals surface area (Å²) in [5.74, 6) is -0.589. The van der Waals surface area contributed by atoms with Crippen LogP contribution in [0.2, 0.25) is 0 Å². The maximum absolute atomic E-state index is 10.9. The largest absolute Gasteiger partial charge is 0.461 e. The van der Waals surface area contributed by atoms with E-state index in [1.165, 1.54) is 5.41 Å². The number of ether oxygens (including phenoxy) is 1. The van der Waals surface area contributed by atoms with Crippen LogP contribution in [0.3, 0.4) is 0 Å². The van der Waals surface area contributed by atoms with Crippen molar-refractivity contribution in [3.05, 3.63) is 22.6 Å². The third kappa shape index (κ3) is 5.08. The van der Waals surface area contributed by atoms with Gasteiger partial charge in [-0.15, -0.1) is 0 Å². The number of thioether (sulfide) groups is 1. The lowest BCUT2D eigenvalue weighted by Gasteiger charge is -2.00. The summed E-state index contributed by atoms with van der Waals surface area (Å²) in [4.78, 5) is 21.3. The first-order valence-corrected chi connectivity index (χ1v) is 4.43. The third-order valence-electron chi connectivity index (χ3n) is 0.980. The Morgan fingerprint density at radius 3 is 2.77 bits per heavy atom. The fourth-order valence-electron chi connectivity index (χ4n) is 0.429. The maximum atomic E-state index is 10.9. The summed E-state index contributed by atoms with van der Waals surface area (Å²) < 4.78 is 4.61. The first-order valence-electron chi connectivity index (χ1n) is 3.55. The molecule has 0 radical (unpaired) electrons. The van der Waals surface area contributed by atoms with Crippen LogP contribution in [0.5, 0.6) is 0 Å². The van der Waals surface area contributed by atoms with Crippen molar-refractivity contribution in [3.8, 4) is 0 Å². The van der Waals surface area contributed by atoms with E-state index < -0.39 is 5.97 Å². The van der Waals surface area contributed by atoms with E-state index in [1.54, 1.807) is 6.92 Å². The van der Waals surface area contributed by atoms with Gasteiger partial charge in [0.2, 0.25) is 0 Å². The van der Waals surface area contributed by atoms with Crippen LogP contribution in [0.15, 0.2) is 22.6 Å². The van der Waals surface area contributed by atoms with Gasteiger partial charge in [0.05, 0.1) is 6.61 Å². The standard InChI is InChI=1S/C8H11NO3S/c1-3-12-8(11)7(9)5-13-6(2)4-10/h4-5H,2-3,9H2,1H3/b7-5-. The molecule has 0 atom stereocenters. The van der Waals surface area contributed by atoms with E-state index >= 15 is 0 Å². The molecule has 0 fully saturated rings. The van der Waals surface area contributed by atoms with Gasteiger partial charge in [-0.2, -0.15) is 0 Å². The second-order valence-corrected chi connectivity index (χ2v) is 2.99. The highest BCUT2D eigenvalue weighted by atomic mass is 32.2. The molecular weight excluding hydrogens is 190 g/mol. The molecule has 2 N–H and O–H groups in total. The van der Waals surface area contributed by atoms with Gasteiger partial charge in [-0.05, 0) is 6.92 Å². The van der Waals surface area contributed by atoms with Gasteiger partial charge >= 0.3 is 5.97 Å². The van der Waals surface area contributed by atoms with Gasteiger partial charge in [0.15, 0.2) is 6.29 Å². The monoisotopic (exact) mass is 201 g/mol. The third-order valence-corrected chi connectivity index (χ3v) is 1.75. The molecule has 0 saturated heterocycles. The van der Waals surface area contributed by atoms with Crippen molar-refractivity contribution in [2.24, 2.45) is 5.73 Å². The molecule has 0 rings (SSSR count). The Morgan fingerprint density at radius 2 is 2.31 bits per heavy atom. The highest BCUT2D eigenvalue weighted by Crippen LogP contribution is 2.13. The van der Waals surface area contributed by atoms with Crippen molar-refractivity contribution in [2.75, 3.05) is 6.61 Å². The summed E-state index contributed by atoms with van der Waals surface area (Å²) in [5, 5.41) is 1.33. The molecule has 72 valence electrons. The van der Waals surface area contributed by atoms with Crippen molar-refractivity contribution in [1.29, 1.82) is 0 Å². The molecule has 0 amide bonds. The van der Waals surface area contributed by atoms with Gasteiger partial charge in [0.1, 0.15) is 5.70 Å². The van der Waals surface area contributed by atoms with Crippen molar-refractivity contribution in [3.63, 3.8) is 0 Å². The number of allylic oxidation sites excluding steroid dienone is 1. The SMILES string of the molecule is C=C(C=O)S/C=C(\N)C(=O)OCC. The van der Waals surface area contributed by atoms with Crippen molar-refractivity contribution in [2.45, 2.75) is 6.92 Å². The molecule has 0 bridgehead atoms. The average Bonchev–Trinajstić information content (AvgIpc) is 2.13. The van der Waals surface area contributed by atoms with Crippen molar-refractivity contribution < 1.29 is 14.3 Å². The van der Waals surface area contributed by atoms with Crippen molar-refractivity contribution in [1.82, 2.24) is 0 Å². The maximum Gasteiger partial charge on any atom is 0.354 e. The van der Waals surface area contributed by atoms with Crippen LogP contribution in [0.1, 0.15) is 6.92 Å². The number of hydrogen-bond acceptors (Lipinski definition) is 5. The molecule has 0 aliphatic rings. The van der Waals surface area contributed by atoms with Gasteiger partial charge in [-0.3, -0.25) is 4.79 Å². The quantitative estimate of drug-likeness (QED) is 0.404. The number of carbonyl (C=O) groups excluding carboxylic acids is 2. The van der Waals surface area contributed by atoms with Gasteiger partial charge in [-0.1, -0.05) is 18.3 Å². The molecule has 0 aliphatic heterocycles. The second kappa shape index (κ2) is 6.30. The summed E-state index contributed by atoms with van der Waals surface area (Å²) in [5.41, 5.74) is 5.28.